The molecule has 0 aliphatic rings. The van der Waals surface area contributed by atoms with Crippen LogP contribution in [0.5, 0.6) is 11.5 Å². The van der Waals surface area contributed by atoms with Gasteiger partial charge in [0.1, 0.15) is 11.5 Å². The summed E-state index contributed by atoms with van der Waals surface area (Å²) in [6.45, 7) is 0. The van der Waals surface area contributed by atoms with Crippen LogP contribution in [0, 0.1) is 0 Å². The van der Waals surface area contributed by atoms with Gasteiger partial charge in [0.25, 0.3) is 10.1 Å². The third kappa shape index (κ3) is 3.65. The van der Waals surface area contributed by atoms with Crippen LogP contribution >= 0.6 is 46.4 Å². The van der Waals surface area contributed by atoms with E-state index < -0.39 is 26.4 Å². The van der Waals surface area contributed by atoms with E-state index in [1.165, 1.54) is 24.3 Å². The second-order valence-electron chi connectivity index (χ2n) is 6.10. The number of phenols is 2. The SMILES string of the molecule is O=S(=O)(O)C(c1ccccc1)(c1cc(Cl)c(Cl)c(Cl)c1)c1c(O)cc(O)cc1Cl. The molecule has 0 aliphatic heterocycles. The minimum Gasteiger partial charge on any atom is -0.508 e. The van der Waals surface area contributed by atoms with E-state index in [0.29, 0.717) is 0 Å². The molecule has 0 aliphatic carbocycles. The molecule has 3 N–H and O–H groups in total. The maximum Gasteiger partial charge on any atom is 0.283 e. The minimum absolute atomic E-state index is 0.0181. The molecule has 0 amide bonds. The monoisotopic (exact) mass is 492 g/mol. The van der Waals surface area contributed by atoms with Gasteiger partial charge < -0.3 is 10.2 Å². The van der Waals surface area contributed by atoms with Crippen molar-refractivity contribution in [2.75, 3.05) is 0 Å². The molecule has 10 heteroatoms. The average molecular weight is 494 g/mol. The molecule has 3 aromatic rings. The van der Waals surface area contributed by atoms with Gasteiger partial charge in [0.05, 0.1) is 20.1 Å². The molecule has 3 aromatic carbocycles. The number of hydrogen-bond acceptors (Lipinski definition) is 4. The first-order chi connectivity index (χ1) is 13.5. The van der Waals surface area contributed by atoms with Gasteiger partial charge >= 0.3 is 0 Å². The molecule has 0 fully saturated rings. The van der Waals surface area contributed by atoms with Crippen molar-refractivity contribution in [2.24, 2.45) is 0 Å². The first-order valence-electron chi connectivity index (χ1n) is 7.89. The van der Waals surface area contributed by atoms with Gasteiger partial charge in [-0.1, -0.05) is 76.7 Å². The van der Waals surface area contributed by atoms with Gasteiger partial charge in [-0.25, -0.2) is 0 Å². The molecule has 0 spiro atoms. The van der Waals surface area contributed by atoms with Gasteiger partial charge in [0, 0.05) is 11.6 Å². The van der Waals surface area contributed by atoms with Gasteiger partial charge in [0.2, 0.25) is 0 Å². The van der Waals surface area contributed by atoms with E-state index in [2.05, 4.69) is 0 Å². The highest BCUT2D eigenvalue weighted by atomic mass is 35.5. The lowest BCUT2D eigenvalue weighted by Crippen LogP contribution is -2.38. The fourth-order valence-corrected chi connectivity index (χ4v) is 5.57. The van der Waals surface area contributed by atoms with E-state index in [-0.39, 0.29) is 36.8 Å². The lowest BCUT2D eigenvalue weighted by Gasteiger charge is -2.34. The maximum atomic E-state index is 13.0. The van der Waals surface area contributed by atoms with Crippen LogP contribution in [0.2, 0.25) is 20.1 Å². The molecule has 1 atom stereocenters. The molecule has 29 heavy (non-hydrogen) atoms. The Kier molecular flexibility index (Phi) is 5.98. The summed E-state index contributed by atoms with van der Waals surface area (Å²) in [4.78, 5) is 0. The first-order valence-corrected chi connectivity index (χ1v) is 10.8. The Morgan fingerprint density at radius 1 is 0.759 bits per heavy atom. The summed E-state index contributed by atoms with van der Waals surface area (Å²) in [5.74, 6) is -1.07. The van der Waals surface area contributed by atoms with Crippen LogP contribution in [-0.4, -0.2) is 23.2 Å². The number of phenolic OH excluding ortho intramolecular Hbond substituents is 2. The zero-order valence-corrected chi connectivity index (χ0v) is 18.1. The highest BCUT2D eigenvalue weighted by Gasteiger charge is 2.51. The molecule has 0 heterocycles. The first kappa shape index (κ1) is 22.0. The highest BCUT2D eigenvalue weighted by Crippen LogP contribution is 2.52. The predicted molar refractivity (Wildman–Crippen MR) is 114 cm³/mol. The number of benzene rings is 3. The van der Waals surface area contributed by atoms with Gasteiger partial charge in [-0.15, -0.1) is 0 Å². The second kappa shape index (κ2) is 7.87. The molecule has 0 saturated heterocycles. The van der Waals surface area contributed by atoms with E-state index in [9.17, 15) is 23.2 Å². The van der Waals surface area contributed by atoms with E-state index in [4.69, 9.17) is 46.4 Å². The lowest BCUT2D eigenvalue weighted by atomic mass is 9.83. The zero-order chi connectivity index (χ0) is 21.6. The van der Waals surface area contributed by atoms with Crippen LogP contribution in [0.1, 0.15) is 16.7 Å². The van der Waals surface area contributed by atoms with E-state index in [0.717, 1.165) is 12.1 Å². The van der Waals surface area contributed by atoms with Crippen molar-refractivity contribution >= 4 is 56.5 Å². The Balaban J connectivity index is 2.62. The third-order valence-electron chi connectivity index (χ3n) is 4.36. The molecule has 0 saturated carbocycles. The Hall–Kier alpha value is -1.67. The molecule has 0 radical (unpaired) electrons. The largest absolute Gasteiger partial charge is 0.508 e. The van der Waals surface area contributed by atoms with Crippen LogP contribution in [0.25, 0.3) is 0 Å². The molecular weight excluding hydrogens is 482 g/mol. The summed E-state index contributed by atoms with van der Waals surface area (Å²) in [7, 11) is -5.08. The molecule has 0 aromatic heterocycles. The molecule has 1 unspecified atom stereocenters. The number of aromatic hydroxyl groups is 2. The number of halogens is 4. The van der Waals surface area contributed by atoms with Crippen LogP contribution in [0.3, 0.4) is 0 Å². The third-order valence-corrected chi connectivity index (χ3v) is 7.31. The minimum atomic E-state index is -5.08. The summed E-state index contributed by atoms with van der Waals surface area (Å²) < 4.78 is 34.0. The summed E-state index contributed by atoms with van der Waals surface area (Å²) in [5, 5.41) is 19.8. The normalized spacial score (nSPS) is 13.8. The van der Waals surface area contributed by atoms with E-state index in [1.54, 1.807) is 18.2 Å². The smallest absolute Gasteiger partial charge is 0.283 e. The van der Waals surface area contributed by atoms with Crippen LogP contribution in [-0.2, 0) is 14.9 Å². The summed E-state index contributed by atoms with van der Waals surface area (Å²) in [5.41, 5.74) is -0.464. The van der Waals surface area contributed by atoms with E-state index >= 15 is 0 Å². The standard InChI is InChI=1S/C19H12Cl4O5S/c20-13-8-12(24)9-16(25)17(13)19(29(26,27)28,10-4-2-1-3-5-10)11-6-14(21)18(23)15(22)7-11/h1-9,24-25H,(H,26,27,28). The van der Waals surface area contributed by atoms with Crippen molar-refractivity contribution in [3.05, 3.63) is 91.4 Å². The van der Waals surface area contributed by atoms with Crippen molar-refractivity contribution in [1.29, 1.82) is 0 Å². The fourth-order valence-electron chi connectivity index (χ4n) is 3.24. The molecule has 0 bridgehead atoms. The fraction of sp³-hybridized carbons (Fsp3) is 0.0526. The van der Waals surface area contributed by atoms with Crippen molar-refractivity contribution < 1.29 is 23.2 Å². The summed E-state index contributed by atoms with van der Waals surface area (Å²) >= 11 is 24.5. The van der Waals surface area contributed by atoms with Gasteiger partial charge in [-0.2, -0.15) is 8.42 Å². The lowest BCUT2D eigenvalue weighted by molar-refractivity contribution is 0.431. The van der Waals surface area contributed by atoms with Crippen LogP contribution < -0.4 is 0 Å². The molecule has 152 valence electrons. The Morgan fingerprint density at radius 3 is 1.79 bits per heavy atom. The van der Waals surface area contributed by atoms with Crippen molar-refractivity contribution in [3.8, 4) is 11.5 Å². The van der Waals surface area contributed by atoms with Gasteiger partial charge in [-0.05, 0) is 29.3 Å². The summed E-state index contributed by atoms with van der Waals surface area (Å²) in [6, 6.07) is 11.9. The van der Waals surface area contributed by atoms with Crippen molar-refractivity contribution in [1.82, 2.24) is 0 Å². The van der Waals surface area contributed by atoms with Crippen molar-refractivity contribution in [3.63, 3.8) is 0 Å². The zero-order valence-electron chi connectivity index (χ0n) is 14.3. The topological polar surface area (TPSA) is 94.8 Å². The second-order valence-corrected chi connectivity index (χ2v) is 9.26. The van der Waals surface area contributed by atoms with Gasteiger partial charge in [0.15, 0.2) is 4.75 Å². The van der Waals surface area contributed by atoms with Crippen molar-refractivity contribution in [2.45, 2.75) is 4.75 Å². The number of hydrogen-bond donors (Lipinski definition) is 3. The Labute approximate surface area is 186 Å². The summed E-state index contributed by atoms with van der Waals surface area (Å²) in [6.07, 6.45) is 0. The quantitative estimate of drug-likeness (QED) is 0.239. The van der Waals surface area contributed by atoms with E-state index in [1.807, 2.05) is 0 Å². The van der Waals surface area contributed by atoms with Crippen LogP contribution in [0.15, 0.2) is 54.6 Å². The maximum absolute atomic E-state index is 13.0. The Morgan fingerprint density at radius 2 is 1.31 bits per heavy atom. The molecule has 3 rings (SSSR count). The van der Waals surface area contributed by atoms with Gasteiger partial charge in [-0.3, -0.25) is 4.55 Å². The number of rotatable bonds is 4. The Bertz CT molecular complexity index is 1150. The highest BCUT2D eigenvalue weighted by molar-refractivity contribution is 7.87. The molecular formula is C19H12Cl4O5S. The van der Waals surface area contributed by atoms with Crippen LogP contribution in [0.4, 0.5) is 0 Å². The molecule has 5 nitrogen and oxygen atoms in total. The average Bonchev–Trinajstić information content (AvgIpc) is 2.61. The predicted octanol–water partition coefficient (Wildman–Crippen LogP) is 5.89.